The molecule has 22 heavy (non-hydrogen) atoms. The molecule has 0 fully saturated rings. The second-order valence-electron chi connectivity index (χ2n) is 4.93. The Morgan fingerprint density at radius 3 is 2.50 bits per heavy atom. The molecule has 1 aromatic heterocycles. The second kappa shape index (κ2) is 7.31. The number of anilines is 1. The third-order valence-corrected chi connectivity index (χ3v) is 3.10. The van der Waals surface area contributed by atoms with Crippen LogP contribution >= 0.6 is 0 Å². The van der Waals surface area contributed by atoms with E-state index in [0.717, 1.165) is 11.4 Å². The smallest absolute Gasteiger partial charge is 0.258 e. The molecule has 0 saturated carbocycles. The minimum Gasteiger partial charge on any atom is -0.507 e. The largest absolute Gasteiger partial charge is 0.507 e. The summed E-state index contributed by atoms with van der Waals surface area (Å²) in [4.78, 5) is 16.1. The van der Waals surface area contributed by atoms with Gasteiger partial charge in [-0.1, -0.05) is 12.1 Å². The van der Waals surface area contributed by atoms with E-state index >= 15 is 0 Å². The molecule has 2 rings (SSSR count). The minimum absolute atomic E-state index is 0.101. The summed E-state index contributed by atoms with van der Waals surface area (Å²) in [5.74, 6) is -0.182. The van der Waals surface area contributed by atoms with Crippen LogP contribution in [-0.2, 0) is 0 Å². The van der Waals surface area contributed by atoms with Crippen LogP contribution in [0.2, 0.25) is 0 Å². The number of aromatic hydroxyl groups is 2. The number of aromatic nitrogens is 1. The third kappa shape index (κ3) is 4.12. The highest BCUT2D eigenvalue weighted by atomic mass is 16.3. The van der Waals surface area contributed by atoms with E-state index in [1.165, 1.54) is 18.2 Å². The molecular weight excluding hydrogens is 282 g/mol. The van der Waals surface area contributed by atoms with E-state index in [1.807, 2.05) is 19.1 Å². The molecule has 1 aromatic carbocycles. The van der Waals surface area contributed by atoms with Gasteiger partial charge < -0.3 is 20.8 Å². The lowest BCUT2D eigenvalue weighted by Gasteiger charge is -2.09. The van der Waals surface area contributed by atoms with Gasteiger partial charge in [-0.3, -0.25) is 4.79 Å². The van der Waals surface area contributed by atoms with Crippen molar-refractivity contribution in [3.63, 3.8) is 0 Å². The molecule has 0 saturated heterocycles. The Labute approximate surface area is 128 Å². The van der Waals surface area contributed by atoms with E-state index in [9.17, 15) is 15.0 Å². The van der Waals surface area contributed by atoms with Crippen LogP contribution in [0.1, 0.15) is 22.3 Å². The molecule has 116 valence electrons. The molecular formula is C16H19N3O3. The van der Waals surface area contributed by atoms with Crippen LogP contribution in [0.15, 0.2) is 36.5 Å². The first-order valence-corrected chi connectivity index (χ1v) is 7.03. The fourth-order valence-electron chi connectivity index (χ4n) is 1.93. The lowest BCUT2D eigenvalue weighted by molar-refractivity contribution is 0.0948. The number of phenols is 2. The van der Waals surface area contributed by atoms with Crippen molar-refractivity contribution in [3.8, 4) is 11.5 Å². The molecule has 0 atom stereocenters. The number of hydrogen-bond donors (Lipinski definition) is 4. The Morgan fingerprint density at radius 1 is 1.14 bits per heavy atom. The Balaban J connectivity index is 1.74. The van der Waals surface area contributed by atoms with Crippen molar-refractivity contribution in [3.05, 3.63) is 47.7 Å². The highest BCUT2D eigenvalue weighted by molar-refractivity contribution is 5.99. The fraction of sp³-hybridized carbons (Fsp3) is 0.250. The highest BCUT2D eigenvalue weighted by Gasteiger charge is 2.14. The van der Waals surface area contributed by atoms with Gasteiger partial charge in [-0.25, -0.2) is 4.98 Å². The molecule has 0 bridgehead atoms. The van der Waals surface area contributed by atoms with Gasteiger partial charge in [0.1, 0.15) is 22.9 Å². The Hall–Kier alpha value is -2.76. The summed E-state index contributed by atoms with van der Waals surface area (Å²) in [6.45, 7) is 3.05. The van der Waals surface area contributed by atoms with Crippen LogP contribution in [0.3, 0.4) is 0 Å². The zero-order chi connectivity index (χ0) is 15.9. The molecule has 0 unspecified atom stereocenters. The standard InChI is InChI=1S/C16H19N3O3/c1-11-6-7-14(19-10-11)17-8-3-9-18-16(22)15-12(20)4-2-5-13(15)21/h2,4-7,10,20-21H,3,8-9H2,1H3,(H,17,19)(H,18,22). The van der Waals surface area contributed by atoms with Gasteiger partial charge in [0.2, 0.25) is 0 Å². The summed E-state index contributed by atoms with van der Waals surface area (Å²) in [6.07, 6.45) is 2.47. The summed E-state index contributed by atoms with van der Waals surface area (Å²) < 4.78 is 0. The van der Waals surface area contributed by atoms with Crippen LogP contribution in [-0.4, -0.2) is 34.2 Å². The first-order chi connectivity index (χ1) is 10.6. The molecule has 0 radical (unpaired) electrons. The highest BCUT2D eigenvalue weighted by Crippen LogP contribution is 2.25. The summed E-state index contributed by atoms with van der Waals surface area (Å²) in [7, 11) is 0. The number of benzene rings is 1. The molecule has 0 spiro atoms. The van der Waals surface area contributed by atoms with Gasteiger partial charge in [0.15, 0.2) is 0 Å². The number of rotatable bonds is 6. The number of nitrogens with one attached hydrogen (secondary N) is 2. The van der Waals surface area contributed by atoms with Crippen molar-refractivity contribution in [2.75, 3.05) is 18.4 Å². The van der Waals surface area contributed by atoms with E-state index in [1.54, 1.807) is 6.20 Å². The van der Waals surface area contributed by atoms with Crippen molar-refractivity contribution in [1.82, 2.24) is 10.3 Å². The van der Waals surface area contributed by atoms with Crippen molar-refractivity contribution in [1.29, 1.82) is 0 Å². The zero-order valence-electron chi connectivity index (χ0n) is 12.3. The lowest BCUT2D eigenvalue weighted by atomic mass is 10.1. The average molecular weight is 301 g/mol. The van der Waals surface area contributed by atoms with E-state index in [2.05, 4.69) is 15.6 Å². The summed E-state index contributed by atoms with van der Waals surface area (Å²) in [5.41, 5.74) is 0.996. The maximum Gasteiger partial charge on any atom is 0.258 e. The second-order valence-corrected chi connectivity index (χ2v) is 4.93. The van der Waals surface area contributed by atoms with Gasteiger partial charge in [-0.05, 0) is 37.1 Å². The zero-order valence-corrected chi connectivity index (χ0v) is 12.3. The van der Waals surface area contributed by atoms with E-state index in [4.69, 9.17) is 0 Å². The molecule has 0 aliphatic carbocycles. The molecule has 1 heterocycles. The number of hydrogen-bond acceptors (Lipinski definition) is 5. The van der Waals surface area contributed by atoms with Crippen molar-refractivity contribution in [2.45, 2.75) is 13.3 Å². The van der Waals surface area contributed by atoms with E-state index < -0.39 is 5.91 Å². The quantitative estimate of drug-likeness (QED) is 0.612. The summed E-state index contributed by atoms with van der Waals surface area (Å²) in [6, 6.07) is 8.06. The molecule has 4 N–H and O–H groups in total. The number of nitrogens with zero attached hydrogens (tertiary/aromatic N) is 1. The number of phenolic OH excluding ortho intramolecular Hbond substituents is 2. The SMILES string of the molecule is Cc1ccc(NCCCNC(=O)c2c(O)cccc2O)nc1. The number of amides is 1. The topological polar surface area (TPSA) is 94.5 Å². The molecule has 6 heteroatoms. The van der Waals surface area contributed by atoms with E-state index in [0.29, 0.717) is 19.5 Å². The first kappa shape index (κ1) is 15.6. The fourth-order valence-corrected chi connectivity index (χ4v) is 1.93. The Kier molecular flexibility index (Phi) is 5.19. The van der Waals surface area contributed by atoms with Crippen LogP contribution in [0.25, 0.3) is 0 Å². The Morgan fingerprint density at radius 2 is 1.86 bits per heavy atom. The van der Waals surface area contributed by atoms with Crippen molar-refractivity contribution in [2.24, 2.45) is 0 Å². The number of carbonyl (C=O) groups is 1. The number of pyridine rings is 1. The maximum atomic E-state index is 11.9. The van der Waals surface area contributed by atoms with Crippen molar-refractivity contribution < 1.29 is 15.0 Å². The maximum absolute atomic E-state index is 11.9. The van der Waals surface area contributed by atoms with Gasteiger partial charge in [0.05, 0.1) is 0 Å². The average Bonchev–Trinajstić information content (AvgIpc) is 2.48. The third-order valence-electron chi connectivity index (χ3n) is 3.10. The lowest BCUT2D eigenvalue weighted by Crippen LogP contribution is -2.26. The van der Waals surface area contributed by atoms with E-state index in [-0.39, 0.29) is 17.1 Å². The predicted molar refractivity (Wildman–Crippen MR) is 84.2 cm³/mol. The van der Waals surface area contributed by atoms with Crippen LogP contribution in [0.4, 0.5) is 5.82 Å². The summed E-state index contributed by atoms with van der Waals surface area (Å²) >= 11 is 0. The van der Waals surface area contributed by atoms with Gasteiger partial charge in [0.25, 0.3) is 5.91 Å². The van der Waals surface area contributed by atoms with Crippen molar-refractivity contribution >= 4 is 11.7 Å². The van der Waals surface area contributed by atoms with Gasteiger partial charge >= 0.3 is 0 Å². The molecule has 0 aliphatic rings. The molecule has 0 aliphatic heterocycles. The molecule has 1 amide bonds. The normalized spacial score (nSPS) is 10.2. The molecule has 6 nitrogen and oxygen atoms in total. The number of carbonyl (C=O) groups excluding carboxylic acids is 1. The summed E-state index contributed by atoms with van der Waals surface area (Å²) in [5, 5.41) is 25.0. The first-order valence-electron chi connectivity index (χ1n) is 7.03. The van der Waals surface area contributed by atoms with Crippen LogP contribution < -0.4 is 10.6 Å². The monoisotopic (exact) mass is 301 g/mol. The minimum atomic E-state index is -0.496. The molecule has 2 aromatic rings. The number of aryl methyl sites for hydroxylation is 1. The van der Waals surface area contributed by atoms with Gasteiger partial charge in [0, 0.05) is 19.3 Å². The Bertz CT molecular complexity index is 621. The van der Waals surface area contributed by atoms with Gasteiger partial charge in [-0.2, -0.15) is 0 Å². The van der Waals surface area contributed by atoms with Crippen LogP contribution in [0.5, 0.6) is 11.5 Å². The van der Waals surface area contributed by atoms with Gasteiger partial charge in [-0.15, -0.1) is 0 Å². The van der Waals surface area contributed by atoms with Crippen LogP contribution in [0, 0.1) is 6.92 Å². The predicted octanol–water partition coefficient (Wildman–Crippen LogP) is 2.03.